The molecule has 10 nitrogen and oxygen atoms in total. The summed E-state index contributed by atoms with van der Waals surface area (Å²) in [5.41, 5.74) is 3.39. The maximum Gasteiger partial charge on any atom is 0.335 e. The molecule has 0 spiro atoms. The van der Waals surface area contributed by atoms with E-state index in [2.05, 4.69) is 22.9 Å². The van der Waals surface area contributed by atoms with E-state index >= 15 is 0 Å². The van der Waals surface area contributed by atoms with Gasteiger partial charge >= 0.3 is 11.9 Å². The van der Waals surface area contributed by atoms with Crippen LogP contribution in [0.1, 0.15) is 31.4 Å². The molecule has 0 amide bonds. The minimum Gasteiger partial charge on any atom is -0.497 e. The quantitative estimate of drug-likeness (QED) is 0.385. The van der Waals surface area contributed by atoms with E-state index in [-0.39, 0.29) is 6.04 Å². The van der Waals surface area contributed by atoms with Gasteiger partial charge in [-0.05, 0) is 62.1 Å². The van der Waals surface area contributed by atoms with Gasteiger partial charge in [0.25, 0.3) is 0 Å². The molecule has 10 heteroatoms. The predicted octanol–water partition coefficient (Wildman–Crippen LogP) is 1.19. The predicted molar refractivity (Wildman–Crippen MR) is 122 cm³/mol. The van der Waals surface area contributed by atoms with Gasteiger partial charge in [0.2, 0.25) is 0 Å². The maximum atomic E-state index is 11.2. The zero-order valence-electron chi connectivity index (χ0n) is 19.0. The number of piperidine rings is 3. The standard InChI is InChI=1S/C20H24N2O2.C4H6O6/c1-3-13-12-22-9-7-14(13)10-19(22)20(23)16-6-8-21-18-5-4-15(24-2)11-17(16)18;5-1(3(7)8)2(6)4(9)10/h3-6,8,11,14,19-20,23H,7,9-10,12H2,1-2H3;1-2,5-6H,(H,7,8)(H,9,10)/b13-3+;/t14-,19?,20+;/m0./s1. The summed E-state index contributed by atoms with van der Waals surface area (Å²) in [4.78, 5) is 26.4. The Balaban J connectivity index is 0.000000277. The number of nitrogens with zero attached hydrogens (tertiary/aromatic N) is 2. The molecule has 184 valence electrons. The number of aliphatic hydroxyl groups excluding tert-OH is 3. The summed E-state index contributed by atoms with van der Waals surface area (Å²) in [5.74, 6) is -2.11. The molecule has 3 saturated heterocycles. The van der Waals surface area contributed by atoms with Crippen molar-refractivity contribution < 1.29 is 39.9 Å². The van der Waals surface area contributed by atoms with Crippen molar-refractivity contribution in [1.82, 2.24) is 9.88 Å². The Labute approximate surface area is 196 Å². The number of aromatic nitrogens is 1. The number of aliphatic hydroxyl groups is 3. The average molecular weight is 475 g/mol. The summed E-state index contributed by atoms with van der Waals surface area (Å²) < 4.78 is 5.35. The number of aliphatic carboxylic acids is 2. The lowest BCUT2D eigenvalue weighted by Crippen LogP contribution is -2.52. The van der Waals surface area contributed by atoms with Crippen LogP contribution in [-0.4, -0.2) is 85.8 Å². The van der Waals surface area contributed by atoms with Gasteiger partial charge in [0, 0.05) is 24.2 Å². The third kappa shape index (κ3) is 5.36. The second kappa shape index (κ2) is 10.9. The fourth-order valence-corrected chi connectivity index (χ4v) is 4.61. The molecule has 3 aliphatic heterocycles. The molecule has 5 N–H and O–H groups in total. The highest BCUT2D eigenvalue weighted by atomic mass is 16.5. The first-order valence-electron chi connectivity index (χ1n) is 11.0. The number of allylic oxidation sites excluding steroid dienone is 1. The molecule has 0 saturated carbocycles. The Kier molecular flexibility index (Phi) is 8.21. The smallest absolute Gasteiger partial charge is 0.335 e. The molecule has 34 heavy (non-hydrogen) atoms. The molecule has 3 aliphatic rings. The summed E-state index contributed by atoms with van der Waals surface area (Å²) in [6, 6.07) is 7.98. The van der Waals surface area contributed by atoms with Gasteiger partial charge in [-0.3, -0.25) is 9.88 Å². The highest BCUT2D eigenvalue weighted by Crippen LogP contribution is 2.41. The Bertz CT molecular complexity index is 1050. The van der Waals surface area contributed by atoms with E-state index in [0.29, 0.717) is 5.92 Å². The fraction of sp³-hybridized carbons (Fsp3) is 0.458. The second-order valence-electron chi connectivity index (χ2n) is 8.42. The topological polar surface area (TPSA) is 161 Å². The number of carbonyl (C=O) groups is 2. The Hall–Kier alpha value is -3.05. The number of fused-ring (bicyclic) bond motifs is 4. The number of benzene rings is 1. The van der Waals surface area contributed by atoms with Crippen molar-refractivity contribution in [2.45, 2.75) is 44.1 Å². The van der Waals surface area contributed by atoms with E-state index in [1.807, 2.05) is 24.3 Å². The molecule has 0 radical (unpaired) electrons. The minimum atomic E-state index is -2.27. The first-order valence-corrected chi connectivity index (χ1v) is 11.0. The van der Waals surface area contributed by atoms with Crippen molar-refractivity contribution in [1.29, 1.82) is 0 Å². The number of ether oxygens (including phenoxy) is 1. The summed E-state index contributed by atoms with van der Waals surface area (Å²) in [7, 11) is 1.66. The molecular formula is C24H30N2O8. The molecule has 1 aromatic heterocycles. The normalized spacial score (nSPS) is 25.2. The first-order chi connectivity index (χ1) is 16.2. The van der Waals surface area contributed by atoms with Gasteiger partial charge in [0.1, 0.15) is 5.75 Å². The van der Waals surface area contributed by atoms with Gasteiger partial charge < -0.3 is 30.3 Å². The summed E-state index contributed by atoms with van der Waals surface area (Å²) >= 11 is 0. The van der Waals surface area contributed by atoms with Crippen molar-refractivity contribution in [3.05, 3.63) is 47.7 Å². The number of hydrogen-bond donors (Lipinski definition) is 5. The zero-order chi connectivity index (χ0) is 25.0. The number of pyridine rings is 1. The van der Waals surface area contributed by atoms with E-state index in [4.69, 9.17) is 25.2 Å². The molecule has 1 aromatic carbocycles. The van der Waals surface area contributed by atoms with Crippen LogP contribution >= 0.6 is 0 Å². The number of carboxylic acids is 2. The molecule has 2 bridgehead atoms. The molecule has 6 atom stereocenters. The van der Waals surface area contributed by atoms with Crippen molar-refractivity contribution in [3.8, 4) is 5.75 Å². The van der Waals surface area contributed by atoms with Crippen LogP contribution in [0.15, 0.2) is 42.1 Å². The monoisotopic (exact) mass is 474 g/mol. The Morgan fingerprint density at radius 3 is 2.35 bits per heavy atom. The summed E-state index contributed by atoms with van der Waals surface area (Å²) in [6.07, 6.45) is 1.27. The molecular weight excluding hydrogens is 444 g/mol. The van der Waals surface area contributed by atoms with E-state index in [0.717, 1.165) is 41.7 Å². The van der Waals surface area contributed by atoms with Gasteiger partial charge in [0.15, 0.2) is 12.2 Å². The third-order valence-electron chi connectivity index (χ3n) is 6.51. The second-order valence-corrected chi connectivity index (χ2v) is 8.42. The van der Waals surface area contributed by atoms with Crippen LogP contribution in [0.3, 0.4) is 0 Å². The third-order valence-corrected chi connectivity index (χ3v) is 6.51. The van der Waals surface area contributed by atoms with Crippen molar-refractivity contribution in [2.75, 3.05) is 20.2 Å². The number of carboxylic acid groups (broad SMARTS) is 2. The lowest BCUT2D eigenvalue weighted by atomic mass is 9.76. The summed E-state index contributed by atoms with van der Waals surface area (Å²) in [6.45, 7) is 4.20. The van der Waals surface area contributed by atoms with E-state index in [1.165, 1.54) is 12.0 Å². The number of rotatable bonds is 6. The average Bonchev–Trinajstić information content (AvgIpc) is 2.86. The van der Waals surface area contributed by atoms with E-state index < -0.39 is 30.3 Å². The van der Waals surface area contributed by atoms with Crippen LogP contribution in [0.5, 0.6) is 5.75 Å². The first kappa shape index (κ1) is 25.6. The molecule has 0 aliphatic carbocycles. The maximum absolute atomic E-state index is 11.2. The SMILES string of the molecule is C/C=C1\CN2CC[C@H]1CC2[C@H](O)c1ccnc2ccc(OC)cc12.O=C(O)C(O)C(O)C(=O)O. The van der Waals surface area contributed by atoms with Gasteiger partial charge in [-0.15, -0.1) is 0 Å². The van der Waals surface area contributed by atoms with Crippen molar-refractivity contribution in [2.24, 2.45) is 5.92 Å². The van der Waals surface area contributed by atoms with Gasteiger partial charge in [-0.25, -0.2) is 9.59 Å². The van der Waals surface area contributed by atoms with Crippen LogP contribution < -0.4 is 4.74 Å². The Morgan fingerprint density at radius 2 is 1.82 bits per heavy atom. The van der Waals surface area contributed by atoms with Crippen LogP contribution in [-0.2, 0) is 9.59 Å². The lowest BCUT2D eigenvalue weighted by molar-refractivity contribution is -0.165. The van der Waals surface area contributed by atoms with Crippen LogP contribution in [0.4, 0.5) is 0 Å². The van der Waals surface area contributed by atoms with Gasteiger partial charge in [0.05, 0.1) is 18.7 Å². The minimum absolute atomic E-state index is 0.184. The largest absolute Gasteiger partial charge is 0.497 e. The van der Waals surface area contributed by atoms with Crippen LogP contribution in [0, 0.1) is 5.92 Å². The highest BCUT2D eigenvalue weighted by Gasteiger charge is 2.40. The van der Waals surface area contributed by atoms with E-state index in [9.17, 15) is 14.7 Å². The lowest BCUT2D eigenvalue weighted by Gasteiger charge is -2.48. The van der Waals surface area contributed by atoms with Crippen molar-refractivity contribution in [3.63, 3.8) is 0 Å². The molecule has 5 rings (SSSR count). The Morgan fingerprint density at radius 1 is 1.15 bits per heavy atom. The van der Waals surface area contributed by atoms with Crippen molar-refractivity contribution >= 4 is 22.8 Å². The summed E-state index contributed by atoms with van der Waals surface area (Å²) in [5, 5.41) is 44.7. The molecule has 4 unspecified atom stereocenters. The number of hydrogen-bond acceptors (Lipinski definition) is 8. The fourth-order valence-electron chi connectivity index (χ4n) is 4.61. The highest BCUT2D eigenvalue weighted by molar-refractivity contribution is 5.84. The van der Waals surface area contributed by atoms with Gasteiger partial charge in [-0.2, -0.15) is 0 Å². The van der Waals surface area contributed by atoms with E-state index in [1.54, 1.807) is 13.3 Å². The molecule has 3 fully saturated rings. The zero-order valence-corrected chi connectivity index (χ0v) is 19.0. The molecule has 2 aromatic rings. The van der Waals surface area contributed by atoms with Crippen LogP contribution in [0.25, 0.3) is 10.9 Å². The molecule has 4 heterocycles. The number of methoxy groups -OCH3 is 1. The van der Waals surface area contributed by atoms with Crippen LogP contribution in [0.2, 0.25) is 0 Å². The van der Waals surface area contributed by atoms with Gasteiger partial charge in [-0.1, -0.05) is 11.6 Å².